The second-order valence-electron chi connectivity index (χ2n) is 5.06. The summed E-state index contributed by atoms with van der Waals surface area (Å²) in [5.74, 6) is -1.22. The van der Waals surface area contributed by atoms with Crippen molar-refractivity contribution < 1.29 is 33.3 Å². The van der Waals surface area contributed by atoms with Gasteiger partial charge in [-0.1, -0.05) is 6.07 Å². The predicted octanol–water partition coefficient (Wildman–Crippen LogP) is 1.67. The normalized spacial score (nSPS) is 10.0. The first-order valence-electron chi connectivity index (χ1n) is 7.67. The highest BCUT2D eigenvalue weighted by molar-refractivity contribution is 7.13. The molecule has 27 heavy (non-hydrogen) atoms. The third-order valence-corrected chi connectivity index (χ3v) is 4.12. The van der Waals surface area contributed by atoms with Gasteiger partial charge in [-0.2, -0.15) is 0 Å². The number of rotatable bonds is 8. The summed E-state index contributed by atoms with van der Waals surface area (Å²) in [7, 11) is 4.10. The molecule has 0 aliphatic carbocycles. The molecule has 10 heteroatoms. The number of carbonyl (C=O) groups is 3. The summed E-state index contributed by atoms with van der Waals surface area (Å²) in [6.07, 6.45) is 0.00541. The molecule has 0 unspecified atom stereocenters. The van der Waals surface area contributed by atoms with E-state index in [1.165, 1.54) is 21.3 Å². The van der Waals surface area contributed by atoms with Crippen molar-refractivity contribution in [1.82, 2.24) is 4.98 Å². The lowest BCUT2D eigenvalue weighted by atomic mass is 10.2. The van der Waals surface area contributed by atoms with Gasteiger partial charge in [0.15, 0.2) is 11.7 Å². The van der Waals surface area contributed by atoms with Crippen LogP contribution in [0.3, 0.4) is 0 Å². The van der Waals surface area contributed by atoms with Crippen LogP contribution in [0.4, 0.5) is 5.13 Å². The van der Waals surface area contributed by atoms with Gasteiger partial charge < -0.3 is 18.9 Å². The van der Waals surface area contributed by atoms with E-state index in [0.29, 0.717) is 5.69 Å². The molecule has 9 nitrogen and oxygen atoms in total. The fourth-order valence-electron chi connectivity index (χ4n) is 2.08. The largest absolute Gasteiger partial charge is 0.496 e. The first-order chi connectivity index (χ1) is 13.0. The van der Waals surface area contributed by atoms with Crippen LogP contribution in [0.2, 0.25) is 0 Å². The molecule has 0 fully saturated rings. The van der Waals surface area contributed by atoms with Gasteiger partial charge in [0.1, 0.15) is 17.1 Å². The van der Waals surface area contributed by atoms with Crippen LogP contribution in [0.1, 0.15) is 16.1 Å². The monoisotopic (exact) mass is 394 g/mol. The third kappa shape index (κ3) is 5.42. The molecule has 1 aromatic carbocycles. The lowest BCUT2D eigenvalue weighted by Gasteiger charge is -2.12. The van der Waals surface area contributed by atoms with Crippen molar-refractivity contribution in [3.8, 4) is 11.5 Å². The number of anilines is 1. The van der Waals surface area contributed by atoms with E-state index >= 15 is 0 Å². The predicted molar refractivity (Wildman–Crippen MR) is 96.3 cm³/mol. The number of carbonyl (C=O) groups excluding carboxylic acids is 3. The van der Waals surface area contributed by atoms with Gasteiger partial charge in [-0.3, -0.25) is 14.9 Å². The van der Waals surface area contributed by atoms with Crippen molar-refractivity contribution in [3.63, 3.8) is 0 Å². The number of hydrogen-bond acceptors (Lipinski definition) is 9. The summed E-state index contributed by atoms with van der Waals surface area (Å²) in [6, 6.07) is 4.82. The Bertz CT molecular complexity index is 812. The molecule has 0 saturated carbocycles. The van der Waals surface area contributed by atoms with Crippen molar-refractivity contribution in [1.29, 1.82) is 0 Å². The Hall–Kier alpha value is -3.14. The Balaban J connectivity index is 1.94. The zero-order valence-electron chi connectivity index (χ0n) is 14.9. The molecule has 144 valence electrons. The smallest absolute Gasteiger partial charge is 0.346 e. The summed E-state index contributed by atoms with van der Waals surface area (Å²) in [5, 5.41) is 4.40. The average molecular weight is 394 g/mol. The second kappa shape index (κ2) is 9.53. The minimum atomic E-state index is -0.759. The fraction of sp³-hybridized carbons (Fsp3) is 0.294. The van der Waals surface area contributed by atoms with Crippen LogP contribution in [0.5, 0.6) is 11.5 Å². The van der Waals surface area contributed by atoms with Gasteiger partial charge in [-0.05, 0) is 12.1 Å². The van der Waals surface area contributed by atoms with Gasteiger partial charge in [0.2, 0.25) is 0 Å². The van der Waals surface area contributed by atoms with Crippen LogP contribution >= 0.6 is 11.3 Å². The lowest BCUT2D eigenvalue weighted by Crippen LogP contribution is -2.21. The van der Waals surface area contributed by atoms with Crippen LogP contribution in [-0.4, -0.2) is 50.8 Å². The maximum absolute atomic E-state index is 12.3. The van der Waals surface area contributed by atoms with Crippen LogP contribution in [0.15, 0.2) is 23.6 Å². The van der Waals surface area contributed by atoms with Gasteiger partial charge in [-0.25, -0.2) is 9.78 Å². The van der Waals surface area contributed by atoms with Crippen LogP contribution < -0.4 is 14.8 Å². The zero-order valence-corrected chi connectivity index (χ0v) is 15.8. The summed E-state index contributed by atoms with van der Waals surface area (Å²) >= 11 is 1.14. The highest BCUT2D eigenvalue weighted by atomic mass is 32.1. The van der Waals surface area contributed by atoms with Gasteiger partial charge in [0, 0.05) is 5.38 Å². The molecular weight excluding hydrogens is 376 g/mol. The Labute approximate surface area is 159 Å². The summed E-state index contributed by atoms with van der Waals surface area (Å²) < 4.78 is 19.8. The number of nitrogens with zero attached hydrogens (tertiary/aromatic N) is 1. The second-order valence-corrected chi connectivity index (χ2v) is 5.92. The topological polar surface area (TPSA) is 113 Å². The number of ether oxygens (including phenoxy) is 4. The van der Waals surface area contributed by atoms with E-state index in [2.05, 4.69) is 15.0 Å². The number of benzene rings is 1. The molecule has 0 bridgehead atoms. The van der Waals surface area contributed by atoms with Gasteiger partial charge in [-0.15, -0.1) is 11.3 Å². The van der Waals surface area contributed by atoms with E-state index < -0.39 is 24.5 Å². The SMILES string of the molecule is COC(=O)Cc1csc(NC(=O)COC(=O)c2c(OC)cccc2OC)n1. The minimum absolute atomic E-state index is 0.00541. The standard InChI is InChI=1S/C17H18N2O7S/c1-23-11-5-4-6-12(24-2)15(11)16(22)26-8-13(20)19-17-18-10(9-27-17)7-14(21)25-3/h4-6,9H,7-8H2,1-3H3,(H,18,19,20). The van der Waals surface area contributed by atoms with Gasteiger partial charge >= 0.3 is 11.9 Å². The van der Waals surface area contributed by atoms with Crippen LogP contribution in [0, 0.1) is 0 Å². The van der Waals surface area contributed by atoms with Crippen molar-refractivity contribution in [2.75, 3.05) is 33.3 Å². The van der Waals surface area contributed by atoms with Crippen molar-refractivity contribution in [3.05, 3.63) is 34.8 Å². The molecule has 0 spiro atoms. The first-order valence-corrected chi connectivity index (χ1v) is 8.55. The summed E-state index contributed by atoms with van der Waals surface area (Å²) in [4.78, 5) is 39.6. The van der Waals surface area contributed by atoms with E-state index in [4.69, 9.17) is 14.2 Å². The maximum Gasteiger partial charge on any atom is 0.346 e. The molecule has 1 amide bonds. The molecule has 0 aliphatic rings. The third-order valence-electron chi connectivity index (χ3n) is 3.32. The Morgan fingerprint density at radius 1 is 1.11 bits per heavy atom. The molecule has 1 heterocycles. The number of thiazole rings is 1. The van der Waals surface area contributed by atoms with E-state index in [1.807, 2.05) is 0 Å². The highest BCUT2D eigenvalue weighted by Crippen LogP contribution is 2.28. The molecule has 1 aromatic heterocycles. The Kier molecular flexibility index (Phi) is 7.12. The number of aromatic nitrogens is 1. The van der Waals surface area contributed by atoms with Gasteiger partial charge in [0.25, 0.3) is 5.91 Å². The van der Waals surface area contributed by atoms with E-state index in [1.54, 1.807) is 23.6 Å². The average Bonchev–Trinajstić information content (AvgIpc) is 3.11. The van der Waals surface area contributed by atoms with Crippen LogP contribution in [-0.2, 0) is 25.5 Å². The summed E-state index contributed by atoms with van der Waals surface area (Å²) in [5.41, 5.74) is 0.558. The van der Waals surface area contributed by atoms with Crippen LogP contribution in [0.25, 0.3) is 0 Å². The molecule has 0 atom stereocenters. The van der Waals surface area contributed by atoms with E-state index in [9.17, 15) is 14.4 Å². The van der Waals surface area contributed by atoms with Gasteiger partial charge in [0.05, 0.1) is 33.4 Å². The Morgan fingerprint density at radius 3 is 2.37 bits per heavy atom. The van der Waals surface area contributed by atoms with Crippen molar-refractivity contribution in [2.45, 2.75) is 6.42 Å². The quantitative estimate of drug-likeness (QED) is 0.673. The maximum atomic E-state index is 12.3. The molecule has 1 N–H and O–H groups in total. The Morgan fingerprint density at radius 2 is 1.78 bits per heavy atom. The molecule has 0 radical (unpaired) electrons. The zero-order chi connectivity index (χ0) is 19.8. The minimum Gasteiger partial charge on any atom is -0.496 e. The number of nitrogens with one attached hydrogen (secondary N) is 1. The summed E-state index contributed by atoms with van der Waals surface area (Å²) in [6.45, 7) is -0.522. The van der Waals surface area contributed by atoms with E-state index in [-0.39, 0.29) is 28.6 Å². The molecule has 2 aromatic rings. The number of hydrogen-bond donors (Lipinski definition) is 1. The number of esters is 2. The number of methoxy groups -OCH3 is 3. The van der Waals surface area contributed by atoms with Crippen molar-refractivity contribution in [2.24, 2.45) is 0 Å². The molecule has 0 aliphatic heterocycles. The highest BCUT2D eigenvalue weighted by Gasteiger charge is 2.21. The molecule has 0 saturated heterocycles. The molecule has 2 rings (SSSR count). The van der Waals surface area contributed by atoms with E-state index in [0.717, 1.165) is 11.3 Å². The lowest BCUT2D eigenvalue weighted by molar-refractivity contribution is -0.139. The number of amides is 1. The fourth-order valence-corrected chi connectivity index (χ4v) is 2.80. The first kappa shape index (κ1) is 20.2. The molecular formula is C17H18N2O7S. The van der Waals surface area contributed by atoms with Crippen molar-refractivity contribution >= 4 is 34.3 Å².